The highest BCUT2D eigenvalue weighted by atomic mass is 35.5. The number of imide groups is 1. The van der Waals surface area contributed by atoms with Gasteiger partial charge in [0.05, 0.1) is 33.8 Å². The van der Waals surface area contributed by atoms with Gasteiger partial charge in [0.2, 0.25) is 0 Å². The molecule has 1 aromatic heterocycles. The van der Waals surface area contributed by atoms with Gasteiger partial charge in [0, 0.05) is 30.1 Å². The van der Waals surface area contributed by atoms with Gasteiger partial charge in [-0.05, 0) is 44.9 Å². The zero-order chi connectivity index (χ0) is 20.9. The zero-order valence-corrected chi connectivity index (χ0v) is 17.6. The Balaban J connectivity index is 1.56. The highest BCUT2D eigenvalue weighted by molar-refractivity contribution is 6.43. The van der Waals surface area contributed by atoms with E-state index in [1.54, 1.807) is 6.07 Å². The van der Waals surface area contributed by atoms with E-state index in [1.807, 2.05) is 13.8 Å². The third-order valence-electron chi connectivity index (χ3n) is 5.60. The van der Waals surface area contributed by atoms with E-state index in [1.165, 1.54) is 12.1 Å². The number of benzene rings is 1. The first-order valence-corrected chi connectivity index (χ1v) is 10.2. The maximum absolute atomic E-state index is 13.0. The molecule has 1 atom stereocenters. The molecule has 2 amide bonds. The molecular formula is C21H20Cl2N2O4. The van der Waals surface area contributed by atoms with Crippen LogP contribution in [0, 0.1) is 13.8 Å². The number of fused-ring (bicyclic) bond motifs is 1. The van der Waals surface area contributed by atoms with Gasteiger partial charge in [0.15, 0.2) is 5.78 Å². The molecule has 0 N–H and O–H groups in total. The molecule has 6 nitrogen and oxygen atoms in total. The van der Waals surface area contributed by atoms with Crippen molar-refractivity contribution in [3.8, 4) is 0 Å². The average Bonchev–Trinajstić information content (AvgIpc) is 3.35. The van der Waals surface area contributed by atoms with Crippen molar-refractivity contribution in [2.45, 2.75) is 39.3 Å². The van der Waals surface area contributed by atoms with Gasteiger partial charge in [-0.3, -0.25) is 19.3 Å². The number of hydrogen-bond acceptors (Lipinski definition) is 4. The van der Waals surface area contributed by atoms with Crippen LogP contribution in [-0.2, 0) is 11.3 Å². The summed E-state index contributed by atoms with van der Waals surface area (Å²) in [7, 11) is 0. The minimum atomic E-state index is -0.537. The first-order chi connectivity index (χ1) is 13.8. The largest absolute Gasteiger partial charge is 0.376 e. The predicted molar refractivity (Wildman–Crippen MR) is 109 cm³/mol. The van der Waals surface area contributed by atoms with Crippen molar-refractivity contribution in [3.63, 3.8) is 0 Å². The van der Waals surface area contributed by atoms with Crippen LogP contribution in [0.15, 0.2) is 18.2 Å². The Labute approximate surface area is 178 Å². The van der Waals surface area contributed by atoms with Gasteiger partial charge in [-0.25, -0.2) is 0 Å². The average molecular weight is 435 g/mol. The summed E-state index contributed by atoms with van der Waals surface area (Å²) >= 11 is 11.9. The first-order valence-electron chi connectivity index (χ1n) is 9.44. The molecule has 29 heavy (non-hydrogen) atoms. The highest BCUT2D eigenvalue weighted by Crippen LogP contribution is 2.32. The van der Waals surface area contributed by atoms with Crippen LogP contribution in [0.4, 0.5) is 0 Å². The lowest BCUT2D eigenvalue weighted by atomic mass is 10.1. The summed E-state index contributed by atoms with van der Waals surface area (Å²) in [6, 6.07) is 4.55. The minimum absolute atomic E-state index is 0.147. The van der Waals surface area contributed by atoms with E-state index in [0.29, 0.717) is 12.1 Å². The summed E-state index contributed by atoms with van der Waals surface area (Å²) in [5.41, 5.74) is 2.60. The maximum Gasteiger partial charge on any atom is 0.262 e. The van der Waals surface area contributed by atoms with Gasteiger partial charge >= 0.3 is 0 Å². The Morgan fingerprint density at radius 2 is 1.72 bits per heavy atom. The smallest absolute Gasteiger partial charge is 0.262 e. The number of halogens is 2. The number of aryl methyl sites for hydroxylation is 1. The number of rotatable bonds is 5. The van der Waals surface area contributed by atoms with E-state index < -0.39 is 11.8 Å². The molecule has 2 aliphatic heterocycles. The van der Waals surface area contributed by atoms with Crippen LogP contribution in [-0.4, -0.2) is 46.3 Å². The maximum atomic E-state index is 13.0. The van der Waals surface area contributed by atoms with Crippen molar-refractivity contribution in [2.24, 2.45) is 0 Å². The van der Waals surface area contributed by atoms with Crippen LogP contribution in [0.2, 0.25) is 10.0 Å². The Hall–Kier alpha value is -2.15. The number of hydrogen-bond donors (Lipinski definition) is 0. The Morgan fingerprint density at radius 1 is 1.10 bits per heavy atom. The van der Waals surface area contributed by atoms with Crippen molar-refractivity contribution in [1.29, 1.82) is 0 Å². The number of ketones is 1. The van der Waals surface area contributed by atoms with Gasteiger partial charge in [0.1, 0.15) is 0 Å². The Bertz CT molecular complexity index is 997. The molecule has 2 aliphatic rings. The molecule has 0 bridgehead atoms. The highest BCUT2D eigenvalue weighted by Gasteiger charge is 2.38. The number of carbonyl (C=O) groups is 3. The number of amides is 2. The van der Waals surface area contributed by atoms with E-state index >= 15 is 0 Å². The first kappa shape index (κ1) is 20.1. The Kier molecular flexibility index (Phi) is 5.27. The fourth-order valence-electron chi connectivity index (χ4n) is 4.01. The third-order valence-corrected chi connectivity index (χ3v) is 6.32. The molecule has 2 aromatic rings. The van der Waals surface area contributed by atoms with E-state index in [2.05, 4.69) is 4.57 Å². The van der Waals surface area contributed by atoms with Gasteiger partial charge in [0.25, 0.3) is 11.8 Å². The van der Waals surface area contributed by atoms with Gasteiger partial charge in [-0.15, -0.1) is 0 Å². The molecule has 0 aliphatic carbocycles. The van der Waals surface area contributed by atoms with Gasteiger partial charge < -0.3 is 9.30 Å². The fraction of sp³-hybridized carbons (Fsp3) is 0.381. The molecule has 8 heteroatoms. The number of ether oxygens (including phenoxy) is 1. The molecule has 1 aromatic carbocycles. The summed E-state index contributed by atoms with van der Waals surface area (Å²) in [4.78, 5) is 39.2. The second kappa shape index (κ2) is 7.59. The number of Topliss-reactive ketones (excluding diaryl/α,β-unsaturated/α-hetero) is 1. The lowest BCUT2D eigenvalue weighted by Crippen LogP contribution is -2.35. The van der Waals surface area contributed by atoms with Crippen LogP contribution in [0.1, 0.15) is 55.3 Å². The van der Waals surface area contributed by atoms with Crippen LogP contribution in [0.25, 0.3) is 0 Å². The van der Waals surface area contributed by atoms with Crippen molar-refractivity contribution in [1.82, 2.24) is 9.47 Å². The minimum Gasteiger partial charge on any atom is -0.376 e. The van der Waals surface area contributed by atoms with Crippen LogP contribution >= 0.6 is 23.2 Å². The second-order valence-electron chi connectivity index (χ2n) is 7.46. The van der Waals surface area contributed by atoms with E-state index in [4.69, 9.17) is 27.9 Å². The molecule has 4 rings (SSSR count). The van der Waals surface area contributed by atoms with Crippen LogP contribution < -0.4 is 0 Å². The van der Waals surface area contributed by atoms with Crippen molar-refractivity contribution < 1.29 is 19.1 Å². The number of carbonyl (C=O) groups excluding carboxylic acids is 3. The topological polar surface area (TPSA) is 68.6 Å². The molecule has 0 saturated carbocycles. The SMILES string of the molecule is Cc1cc(C(=O)CN2C(=O)c3cc(Cl)c(Cl)cc3C2=O)c(C)n1C[C@@H]1CCCO1. The van der Waals surface area contributed by atoms with Crippen molar-refractivity contribution >= 4 is 40.8 Å². The molecule has 1 fully saturated rings. The standard InChI is InChI=1S/C21H20Cl2N2O4/c1-11-6-14(12(2)24(11)9-13-4-3-5-29-13)19(26)10-25-20(27)15-7-17(22)18(23)8-16(15)21(25)28/h6-8,13H,3-5,9-10H2,1-2H3/t13-/m0/s1. The molecule has 1 saturated heterocycles. The molecule has 0 radical (unpaired) electrons. The van der Waals surface area contributed by atoms with Gasteiger partial charge in [-0.1, -0.05) is 23.2 Å². The summed E-state index contributed by atoms with van der Waals surface area (Å²) in [6.07, 6.45) is 2.19. The van der Waals surface area contributed by atoms with Crippen LogP contribution in [0.3, 0.4) is 0 Å². The molecule has 0 unspecified atom stereocenters. The van der Waals surface area contributed by atoms with Gasteiger partial charge in [-0.2, -0.15) is 0 Å². The molecular weight excluding hydrogens is 415 g/mol. The molecule has 0 spiro atoms. The monoisotopic (exact) mass is 434 g/mol. The Morgan fingerprint density at radius 3 is 2.28 bits per heavy atom. The van der Waals surface area contributed by atoms with E-state index in [0.717, 1.165) is 35.7 Å². The van der Waals surface area contributed by atoms with Crippen molar-refractivity contribution in [3.05, 3.63) is 56.3 Å². The molecule has 152 valence electrons. The normalized spacial score (nSPS) is 18.6. The van der Waals surface area contributed by atoms with E-state index in [9.17, 15) is 14.4 Å². The third kappa shape index (κ3) is 3.50. The van der Waals surface area contributed by atoms with Crippen molar-refractivity contribution in [2.75, 3.05) is 13.2 Å². The fourth-order valence-corrected chi connectivity index (χ4v) is 4.34. The lowest BCUT2D eigenvalue weighted by Gasteiger charge is -2.15. The quantitative estimate of drug-likeness (QED) is 0.525. The second-order valence-corrected chi connectivity index (χ2v) is 8.28. The number of aromatic nitrogens is 1. The summed E-state index contributed by atoms with van der Waals surface area (Å²) in [5, 5.41) is 0.384. The summed E-state index contributed by atoms with van der Waals surface area (Å²) in [6.45, 7) is 4.94. The predicted octanol–water partition coefficient (Wildman–Crippen LogP) is 4.07. The molecule has 3 heterocycles. The van der Waals surface area contributed by atoms with Crippen LogP contribution in [0.5, 0.6) is 0 Å². The summed E-state index contributed by atoms with van der Waals surface area (Å²) < 4.78 is 7.76. The van der Waals surface area contributed by atoms with E-state index in [-0.39, 0.29) is 39.6 Å². The number of nitrogens with zero attached hydrogens (tertiary/aromatic N) is 2. The lowest BCUT2D eigenvalue weighted by molar-refractivity contribution is 0.0624. The summed E-state index contributed by atoms with van der Waals surface area (Å²) in [5.74, 6) is -1.36. The zero-order valence-electron chi connectivity index (χ0n) is 16.1.